The average molecular weight is 407 g/mol. The first-order valence-corrected chi connectivity index (χ1v) is 10.5. The number of likely N-dealkylation sites (N-methyl/N-ethyl adjacent to an activating group) is 1. The van der Waals surface area contributed by atoms with Crippen LogP contribution in [0.3, 0.4) is 0 Å². The van der Waals surface area contributed by atoms with E-state index < -0.39 is 0 Å². The van der Waals surface area contributed by atoms with Gasteiger partial charge < -0.3 is 19.9 Å². The molecule has 5 rings (SSSR count). The number of nitrogens with one attached hydrogen (secondary N) is 2. The number of carbonyl (C=O) groups excluding carboxylic acids is 1. The Labute approximate surface area is 172 Å². The van der Waals surface area contributed by atoms with Gasteiger partial charge in [0.15, 0.2) is 0 Å². The van der Waals surface area contributed by atoms with Crippen molar-refractivity contribution in [3.63, 3.8) is 0 Å². The molecule has 0 aliphatic carbocycles. The third kappa shape index (κ3) is 3.36. The van der Waals surface area contributed by atoms with Gasteiger partial charge in [0.1, 0.15) is 11.5 Å². The maximum atomic E-state index is 12.9. The molecule has 1 aromatic carbocycles. The summed E-state index contributed by atoms with van der Waals surface area (Å²) in [5, 5.41) is 4.36. The number of hydrogen-bond acceptors (Lipinski definition) is 5. The Morgan fingerprint density at radius 3 is 3.03 bits per heavy atom. The summed E-state index contributed by atoms with van der Waals surface area (Å²) in [6.07, 6.45) is 2.71. The summed E-state index contributed by atoms with van der Waals surface area (Å²) < 4.78 is 7.08. The van der Waals surface area contributed by atoms with Gasteiger partial charge in [-0.1, -0.05) is 0 Å². The van der Waals surface area contributed by atoms with E-state index in [9.17, 15) is 4.79 Å². The van der Waals surface area contributed by atoms with Gasteiger partial charge in [-0.25, -0.2) is 0 Å². The van der Waals surface area contributed by atoms with Crippen molar-refractivity contribution >= 4 is 38.4 Å². The summed E-state index contributed by atoms with van der Waals surface area (Å²) in [4.78, 5) is 23.3. The first kappa shape index (κ1) is 18.1. The van der Waals surface area contributed by atoms with Gasteiger partial charge >= 0.3 is 0 Å². The van der Waals surface area contributed by atoms with Crippen molar-refractivity contribution in [1.29, 1.82) is 0 Å². The zero-order chi connectivity index (χ0) is 20.0. The fourth-order valence-corrected chi connectivity index (χ4v) is 4.92. The highest BCUT2D eigenvalue weighted by molar-refractivity contribution is 7.21. The number of nitrogens with zero attached hydrogens (tertiary/aromatic N) is 2. The van der Waals surface area contributed by atoms with Crippen LogP contribution < -0.4 is 10.1 Å². The van der Waals surface area contributed by atoms with E-state index >= 15 is 0 Å². The Bertz CT molecular complexity index is 1210. The van der Waals surface area contributed by atoms with Crippen LogP contribution in [0.4, 0.5) is 0 Å². The number of ether oxygens (including phenoxy) is 1. The summed E-state index contributed by atoms with van der Waals surface area (Å²) in [5.74, 6) is 1.56. The van der Waals surface area contributed by atoms with Gasteiger partial charge in [0, 0.05) is 48.0 Å². The van der Waals surface area contributed by atoms with Gasteiger partial charge in [-0.15, -0.1) is 11.3 Å². The Hall–Kier alpha value is -2.90. The fraction of sp³-hybridized carbons (Fsp3) is 0.273. The molecule has 4 heterocycles. The summed E-state index contributed by atoms with van der Waals surface area (Å²) in [6.45, 7) is 3.57. The lowest BCUT2D eigenvalue weighted by Gasteiger charge is -2.15. The summed E-state index contributed by atoms with van der Waals surface area (Å²) in [5.41, 5.74) is 3.00. The molecule has 0 bridgehead atoms. The lowest BCUT2D eigenvalue weighted by atomic mass is 10.2. The molecule has 1 aliphatic heterocycles. The van der Waals surface area contributed by atoms with Gasteiger partial charge in [-0.05, 0) is 50.7 Å². The number of aromatic nitrogens is 2. The number of carbonyl (C=O) groups is 1. The number of aryl methyl sites for hydroxylation is 1. The highest BCUT2D eigenvalue weighted by Gasteiger charge is 2.27. The van der Waals surface area contributed by atoms with Gasteiger partial charge in [-0.3, -0.25) is 9.78 Å². The molecule has 0 unspecified atom stereocenters. The van der Waals surface area contributed by atoms with E-state index in [1.165, 1.54) is 11.3 Å². The molecule has 0 saturated carbocycles. The number of aromatic amines is 1. The highest BCUT2D eigenvalue weighted by atomic mass is 32.1. The molecule has 6 nitrogen and oxygen atoms in total. The molecule has 1 amide bonds. The Balaban J connectivity index is 1.44. The number of amides is 1. The van der Waals surface area contributed by atoms with Crippen LogP contribution in [0.1, 0.15) is 21.8 Å². The number of pyridine rings is 1. The number of thiophene rings is 1. The number of fused-ring (bicyclic) bond motifs is 2. The molecule has 3 aromatic heterocycles. The number of hydrogen-bond donors (Lipinski definition) is 2. The molecule has 1 fully saturated rings. The molecular formula is C22H22N4O2S. The molecule has 7 heteroatoms. The summed E-state index contributed by atoms with van der Waals surface area (Å²) in [7, 11) is 1.94. The molecule has 148 valence electrons. The second kappa shape index (κ2) is 7.17. The number of H-pyrrole nitrogens is 1. The van der Waals surface area contributed by atoms with Crippen molar-refractivity contribution in [3.8, 4) is 11.5 Å². The van der Waals surface area contributed by atoms with Crippen LogP contribution in [-0.4, -0.2) is 47.0 Å². The van der Waals surface area contributed by atoms with E-state index in [1.807, 2.05) is 49.2 Å². The van der Waals surface area contributed by atoms with Crippen LogP contribution in [-0.2, 0) is 0 Å². The zero-order valence-electron chi connectivity index (χ0n) is 16.4. The first-order chi connectivity index (χ1) is 14.1. The predicted molar refractivity (Wildman–Crippen MR) is 116 cm³/mol. The fourth-order valence-electron chi connectivity index (χ4n) is 3.88. The minimum Gasteiger partial charge on any atom is -0.456 e. The summed E-state index contributed by atoms with van der Waals surface area (Å²) in [6, 6.07) is 12.2. The molecular weight excluding hydrogens is 384 g/mol. The second-order valence-electron chi connectivity index (χ2n) is 7.46. The second-order valence-corrected chi connectivity index (χ2v) is 8.52. The van der Waals surface area contributed by atoms with E-state index in [2.05, 4.69) is 21.4 Å². The molecule has 4 aromatic rings. The lowest BCUT2D eigenvalue weighted by molar-refractivity contribution is 0.0794. The lowest BCUT2D eigenvalue weighted by Crippen LogP contribution is -2.33. The van der Waals surface area contributed by atoms with Gasteiger partial charge in [0.05, 0.1) is 15.1 Å². The van der Waals surface area contributed by atoms with Crippen LogP contribution in [0.5, 0.6) is 11.5 Å². The number of rotatable bonds is 4. The van der Waals surface area contributed by atoms with Crippen LogP contribution in [0.2, 0.25) is 0 Å². The molecule has 0 spiro atoms. The Morgan fingerprint density at radius 2 is 2.21 bits per heavy atom. The van der Waals surface area contributed by atoms with E-state index in [-0.39, 0.29) is 5.91 Å². The van der Waals surface area contributed by atoms with Crippen LogP contribution >= 0.6 is 11.3 Å². The standard InChI is InChI=1S/C22H22N4O2S/c1-13-9-14-10-16(3-4-17(14)25-13)28-19-5-7-24-18-11-20(29-21(18)19)22(27)26-8-6-15(12-26)23-2/h3-5,7,9-11,15,23,25H,6,8,12H2,1-2H3/t15-/m1/s1. The molecule has 1 atom stereocenters. The third-order valence-corrected chi connectivity index (χ3v) is 6.55. The van der Waals surface area contributed by atoms with E-state index in [0.29, 0.717) is 10.9 Å². The topological polar surface area (TPSA) is 70.2 Å². The van der Waals surface area contributed by atoms with Crippen molar-refractivity contribution in [1.82, 2.24) is 20.2 Å². The zero-order valence-corrected chi connectivity index (χ0v) is 17.2. The quantitative estimate of drug-likeness (QED) is 0.530. The van der Waals surface area contributed by atoms with Crippen molar-refractivity contribution in [3.05, 3.63) is 53.2 Å². The normalized spacial score (nSPS) is 16.8. The van der Waals surface area contributed by atoms with Crippen LogP contribution in [0.15, 0.2) is 42.6 Å². The SMILES string of the molecule is CN[C@@H]1CCN(C(=O)c2cc3nccc(Oc4ccc5[nH]c(C)cc5c4)c3s2)C1. The van der Waals surface area contributed by atoms with Gasteiger partial charge in [-0.2, -0.15) is 0 Å². The molecule has 1 aliphatic rings. The van der Waals surface area contributed by atoms with E-state index in [0.717, 1.165) is 57.8 Å². The van der Waals surface area contributed by atoms with Crippen molar-refractivity contribution in [2.45, 2.75) is 19.4 Å². The van der Waals surface area contributed by atoms with Crippen molar-refractivity contribution in [2.24, 2.45) is 0 Å². The number of likely N-dealkylation sites (tertiary alicyclic amines) is 1. The predicted octanol–water partition coefficient (Wildman–Crippen LogP) is 4.31. The minimum absolute atomic E-state index is 0.0703. The molecule has 2 N–H and O–H groups in total. The Morgan fingerprint density at radius 1 is 1.31 bits per heavy atom. The first-order valence-electron chi connectivity index (χ1n) is 9.73. The highest BCUT2D eigenvalue weighted by Crippen LogP contribution is 2.36. The average Bonchev–Trinajstić information content (AvgIpc) is 3.44. The molecule has 29 heavy (non-hydrogen) atoms. The Kier molecular flexibility index (Phi) is 4.49. The van der Waals surface area contributed by atoms with E-state index in [4.69, 9.17) is 4.74 Å². The maximum Gasteiger partial charge on any atom is 0.264 e. The monoisotopic (exact) mass is 406 g/mol. The van der Waals surface area contributed by atoms with Crippen molar-refractivity contribution < 1.29 is 9.53 Å². The number of benzene rings is 1. The third-order valence-electron chi connectivity index (χ3n) is 5.42. The van der Waals surface area contributed by atoms with Crippen LogP contribution in [0.25, 0.3) is 21.1 Å². The summed E-state index contributed by atoms with van der Waals surface area (Å²) >= 11 is 1.45. The van der Waals surface area contributed by atoms with Crippen LogP contribution in [0, 0.1) is 6.92 Å². The minimum atomic E-state index is 0.0703. The molecule has 1 saturated heterocycles. The van der Waals surface area contributed by atoms with Crippen molar-refractivity contribution in [2.75, 3.05) is 20.1 Å². The molecule has 0 radical (unpaired) electrons. The largest absolute Gasteiger partial charge is 0.456 e. The van der Waals surface area contributed by atoms with Gasteiger partial charge in [0.25, 0.3) is 5.91 Å². The van der Waals surface area contributed by atoms with E-state index in [1.54, 1.807) is 6.20 Å². The maximum absolute atomic E-state index is 12.9. The van der Waals surface area contributed by atoms with Gasteiger partial charge in [0.2, 0.25) is 0 Å². The smallest absolute Gasteiger partial charge is 0.264 e.